The van der Waals surface area contributed by atoms with Crippen LogP contribution in [-0.2, 0) is 26.8 Å². The molecule has 2 heterocycles. The number of rotatable bonds is 9. The maximum Gasteiger partial charge on any atom is 0.379 e. The third kappa shape index (κ3) is 6.46. The van der Waals surface area contributed by atoms with Gasteiger partial charge in [0.1, 0.15) is 6.08 Å². The molecule has 0 radical (unpaired) electrons. The standard InChI is InChI=1S/C21H20Cl2N2O8S2/c22-14-3-5-18-16(11-14)24(7-1-9-34(26,27)28)20(32-18)13-21-25(8-2-10-35(29,30)31)17-12-15(23)4-6-19(17)33-21/h3-6,11-13H,1-2,7-10H2,(H-,26,27,28,29,30,31)/p+1. The lowest BCUT2D eigenvalue weighted by Crippen LogP contribution is -2.36. The van der Waals surface area contributed by atoms with E-state index in [0.717, 1.165) is 0 Å². The van der Waals surface area contributed by atoms with E-state index in [-0.39, 0.29) is 25.9 Å². The van der Waals surface area contributed by atoms with Crippen LogP contribution in [0.15, 0.2) is 46.7 Å². The largest absolute Gasteiger partial charge is 0.438 e. The molecule has 0 saturated heterocycles. The van der Waals surface area contributed by atoms with Gasteiger partial charge in [-0.1, -0.05) is 23.2 Å². The van der Waals surface area contributed by atoms with Gasteiger partial charge in [0.25, 0.3) is 25.8 Å². The summed E-state index contributed by atoms with van der Waals surface area (Å²) in [5, 5.41) is 0.902. The van der Waals surface area contributed by atoms with Crippen LogP contribution in [0.3, 0.4) is 0 Å². The van der Waals surface area contributed by atoms with Crippen molar-refractivity contribution in [2.75, 3.05) is 23.0 Å². The zero-order valence-corrected chi connectivity index (χ0v) is 21.2. The minimum absolute atomic E-state index is 0.107. The highest BCUT2D eigenvalue weighted by molar-refractivity contribution is 7.86. The molecule has 0 saturated carbocycles. The summed E-state index contributed by atoms with van der Waals surface area (Å²) in [6.45, 7) is 0.377. The Hall–Kier alpha value is -2.35. The van der Waals surface area contributed by atoms with E-state index in [1.54, 1.807) is 51.9 Å². The first-order chi connectivity index (χ1) is 16.4. The molecule has 0 unspecified atom stereocenters. The van der Waals surface area contributed by atoms with E-state index in [2.05, 4.69) is 0 Å². The number of benzene rings is 2. The van der Waals surface area contributed by atoms with Gasteiger partial charge >= 0.3 is 5.89 Å². The van der Waals surface area contributed by atoms with Crippen LogP contribution in [0.1, 0.15) is 18.7 Å². The third-order valence-electron chi connectivity index (χ3n) is 5.20. The second kappa shape index (κ2) is 9.96. The molecule has 14 heteroatoms. The highest BCUT2D eigenvalue weighted by Crippen LogP contribution is 2.41. The third-order valence-corrected chi connectivity index (χ3v) is 7.28. The Morgan fingerprint density at radius 3 is 2.31 bits per heavy atom. The lowest BCUT2D eigenvalue weighted by molar-refractivity contribution is -0.677. The Bertz CT molecular complexity index is 1520. The number of ether oxygens (including phenoxy) is 1. The van der Waals surface area contributed by atoms with Crippen LogP contribution in [0, 0.1) is 0 Å². The summed E-state index contributed by atoms with van der Waals surface area (Å²) in [6.07, 6.45) is 1.80. The van der Waals surface area contributed by atoms with Crippen molar-refractivity contribution in [1.82, 2.24) is 0 Å². The fraction of sp³-hybridized carbons (Fsp3) is 0.286. The molecule has 0 amide bonds. The molecule has 0 bridgehead atoms. The fourth-order valence-electron chi connectivity index (χ4n) is 3.74. The minimum Gasteiger partial charge on any atom is -0.438 e. The molecule has 0 aliphatic carbocycles. The smallest absolute Gasteiger partial charge is 0.379 e. The second-order valence-electron chi connectivity index (χ2n) is 7.83. The van der Waals surface area contributed by atoms with Gasteiger partial charge in [-0.25, -0.2) is 0 Å². The molecule has 2 N–H and O–H groups in total. The second-order valence-corrected chi connectivity index (χ2v) is 11.8. The average Bonchev–Trinajstić information content (AvgIpc) is 3.24. The van der Waals surface area contributed by atoms with E-state index in [1.807, 2.05) is 0 Å². The predicted molar refractivity (Wildman–Crippen MR) is 131 cm³/mol. The number of hydrogen-bond donors (Lipinski definition) is 2. The zero-order valence-electron chi connectivity index (χ0n) is 18.1. The summed E-state index contributed by atoms with van der Waals surface area (Å²) in [4.78, 5) is 1.70. The van der Waals surface area contributed by atoms with Crippen LogP contribution < -0.4 is 14.2 Å². The van der Waals surface area contributed by atoms with E-state index < -0.39 is 31.7 Å². The molecule has 10 nitrogen and oxygen atoms in total. The first-order valence-electron chi connectivity index (χ1n) is 10.4. The molecule has 1 aromatic heterocycles. The SMILES string of the molecule is O=S(=O)(O)CCCN1C(=Cc2oc3ccc(Cl)cc3[n+]2CCCS(=O)(=O)O)Oc2ccc(Cl)cc21. The highest BCUT2D eigenvalue weighted by Gasteiger charge is 2.30. The minimum atomic E-state index is -4.15. The van der Waals surface area contributed by atoms with Crippen LogP contribution in [0.25, 0.3) is 17.2 Å². The van der Waals surface area contributed by atoms with Gasteiger partial charge in [0.2, 0.25) is 11.5 Å². The quantitative estimate of drug-likeness (QED) is 0.294. The topological polar surface area (TPSA) is 138 Å². The van der Waals surface area contributed by atoms with Gasteiger partial charge in [-0.15, -0.1) is 0 Å². The Kier molecular flexibility index (Phi) is 7.32. The van der Waals surface area contributed by atoms with Gasteiger partial charge in [0.15, 0.2) is 12.3 Å². The molecule has 188 valence electrons. The van der Waals surface area contributed by atoms with Gasteiger partial charge in [0, 0.05) is 29.1 Å². The van der Waals surface area contributed by atoms with Crippen molar-refractivity contribution in [3.63, 3.8) is 0 Å². The van der Waals surface area contributed by atoms with Crippen LogP contribution in [0.2, 0.25) is 10.0 Å². The zero-order chi connectivity index (χ0) is 25.4. The summed E-state index contributed by atoms with van der Waals surface area (Å²) in [5.41, 5.74) is 1.71. The van der Waals surface area contributed by atoms with Gasteiger partial charge in [0.05, 0.1) is 17.2 Å². The number of nitrogens with zero attached hydrogens (tertiary/aromatic N) is 2. The summed E-state index contributed by atoms with van der Waals surface area (Å²) in [6, 6.07) is 9.99. The first kappa shape index (κ1) is 25.7. The maximum atomic E-state index is 11.2. The Morgan fingerprint density at radius 1 is 0.943 bits per heavy atom. The molecule has 0 atom stereocenters. The molecular weight excluding hydrogens is 543 g/mol. The molecule has 35 heavy (non-hydrogen) atoms. The monoisotopic (exact) mass is 563 g/mol. The molecule has 0 spiro atoms. The maximum absolute atomic E-state index is 11.2. The van der Waals surface area contributed by atoms with Crippen molar-refractivity contribution >= 4 is 66.3 Å². The molecule has 2 aromatic carbocycles. The van der Waals surface area contributed by atoms with Crippen molar-refractivity contribution in [2.24, 2.45) is 0 Å². The van der Waals surface area contributed by atoms with Gasteiger partial charge < -0.3 is 14.1 Å². The first-order valence-corrected chi connectivity index (χ1v) is 14.4. The lowest BCUT2D eigenvalue weighted by atomic mass is 10.2. The summed E-state index contributed by atoms with van der Waals surface area (Å²) >= 11 is 12.3. The predicted octanol–water partition coefficient (Wildman–Crippen LogP) is 3.78. The van der Waals surface area contributed by atoms with Crippen LogP contribution >= 0.6 is 23.2 Å². The number of anilines is 1. The lowest BCUT2D eigenvalue weighted by Gasteiger charge is -2.17. The normalized spacial score (nSPS) is 15.1. The Balaban J connectivity index is 1.73. The van der Waals surface area contributed by atoms with Crippen LogP contribution in [0.5, 0.6) is 5.75 Å². The average molecular weight is 564 g/mol. The van der Waals surface area contributed by atoms with Crippen molar-refractivity contribution < 1.29 is 39.7 Å². The van der Waals surface area contributed by atoms with Crippen LogP contribution in [-0.4, -0.2) is 44.0 Å². The van der Waals surface area contributed by atoms with E-state index in [0.29, 0.717) is 44.4 Å². The van der Waals surface area contributed by atoms with Gasteiger partial charge in [-0.3, -0.25) is 9.11 Å². The Morgan fingerprint density at radius 2 is 1.60 bits per heavy atom. The number of hydrogen-bond acceptors (Lipinski definition) is 7. The molecular formula is C21H21Cl2N2O8S2+. The van der Waals surface area contributed by atoms with Crippen LogP contribution in [0.4, 0.5) is 5.69 Å². The number of aryl methyl sites for hydroxylation is 1. The van der Waals surface area contributed by atoms with E-state index in [9.17, 15) is 16.8 Å². The highest BCUT2D eigenvalue weighted by atomic mass is 35.5. The van der Waals surface area contributed by atoms with Crippen molar-refractivity contribution in [3.05, 3.63) is 58.2 Å². The molecule has 3 aromatic rings. The summed E-state index contributed by atoms with van der Waals surface area (Å²) in [7, 11) is -8.29. The molecule has 1 aliphatic rings. The van der Waals surface area contributed by atoms with E-state index in [1.165, 1.54) is 0 Å². The van der Waals surface area contributed by atoms with Gasteiger partial charge in [-0.05, 0) is 36.8 Å². The number of oxazole rings is 1. The summed E-state index contributed by atoms with van der Waals surface area (Å²) < 4.78 is 76.7. The van der Waals surface area contributed by atoms with Crippen molar-refractivity contribution in [1.29, 1.82) is 0 Å². The molecule has 0 fully saturated rings. The van der Waals surface area contributed by atoms with Crippen molar-refractivity contribution in [2.45, 2.75) is 19.4 Å². The van der Waals surface area contributed by atoms with E-state index >= 15 is 0 Å². The fourth-order valence-corrected chi connectivity index (χ4v) is 5.06. The van der Waals surface area contributed by atoms with E-state index in [4.69, 9.17) is 41.5 Å². The van der Waals surface area contributed by atoms with Gasteiger partial charge in [-0.2, -0.15) is 21.4 Å². The molecule has 1 aliphatic heterocycles. The number of fused-ring (bicyclic) bond motifs is 2. The number of halogens is 2. The molecule has 4 rings (SSSR count). The van der Waals surface area contributed by atoms with Crippen molar-refractivity contribution in [3.8, 4) is 5.75 Å². The summed E-state index contributed by atoms with van der Waals surface area (Å²) in [5.74, 6) is 0.235. The Labute approximate surface area is 211 Å². The number of aromatic nitrogens is 1.